The first-order chi connectivity index (χ1) is 12.7. The van der Waals surface area contributed by atoms with Crippen molar-refractivity contribution in [1.29, 1.82) is 0 Å². The number of nitrogens with zero attached hydrogens (tertiary/aromatic N) is 5. The smallest absolute Gasteiger partial charge is 0.355 e. The topological polar surface area (TPSA) is 132 Å². The number of aliphatic imine (C=N–C) groups is 1. The van der Waals surface area contributed by atoms with Crippen molar-refractivity contribution in [3.8, 4) is 0 Å². The number of amides is 1. The van der Waals surface area contributed by atoms with Crippen molar-refractivity contribution >= 4 is 29.6 Å². The van der Waals surface area contributed by atoms with Gasteiger partial charge in [-0.2, -0.15) is 0 Å². The molecule has 3 aliphatic heterocycles. The van der Waals surface area contributed by atoms with Gasteiger partial charge in [0.25, 0.3) is 5.91 Å². The lowest BCUT2D eigenvalue weighted by molar-refractivity contribution is -0.158. The van der Waals surface area contributed by atoms with E-state index in [9.17, 15) is 9.59 Å². The molecule has 0 aromatic carbocycles. The summed E-state index contributed by atoms with van der Waals surface area (Å²) in [7, 11) is 0. The maximum atomic E-state index is 12.7. The van der Waals surface area contributed by atoms with Crippen LogP contribution in [-0.2, 0) is 14.3 Å². The van der Waals surface area contributed by atoms with Crippen LogP contribution in [0.3, 0.4) is 0 Å². The van der Waals surface area contributed by atoms with Gasteiger partial charge in [0.2, 0.25) is 0 Å². The number of guanidine groups is 1. The number of hydrogen-bond acceptors (Lipinski definition) is 8. The fourth-order valence-electron chi connectivity index (χ4n) is 3.05. The average molecular weight is 393 g/mol. The average Bonchev–Trinajstić information content (AvgIpc) is 3.03. The molecule has 1 saturated heterocycles. The van der Waals surface area contributed by atoms with Crippen LogP contribution in [0.5, 0.6) is 0 Å². The van der Waals surface area contributed by atoms with Crippen LogP contribution < -0.4 is 10.6 Å². The summed E-state index contributed by atoms with van der Waals surface area (Å²) >= 11 is 1.60. The molecule has 10 nitrogen and oxygen atoms in total. The Labute approximate surface area is 161 Å². The first-order valence-electron chi connectivity index (χ1n) is 8.67. The van der Waals surface area contributed by atoms with Crippen molar-refractivity contribution in [3.05, 3.63) is 21.7 Å². The summed E-state index contributed by atoms with van der Waals surface area (Å²) in [5.74, 6) is 0.510. The summed E-state index contributed by atoms with van der Waals surface area (Å²) in [6.07, 6.45) is 0. The van der Waals surface area contributed by atoms with E-state index in [1.807, 2.05) is 6.92 Å². The minimum absolute atomic E-state index is 0.0758. The summed E-state index contributed by atoms with van der Waals surface area (Å²) in [6, 6.07) is -0.543. The monoisotopic (exact) mass is 393 g/mol. The van der Waals surface area contributed by atoms with E-state index in [1.54, 1.807) is 32.5 Å². The molecule has 11 heteroatoms. The molecule has 0 saturated carbocycles. The number of azide groups is 1. The molecule has 0 aromatic rings. The molecule has 2 unspecified atom stereocenters. The van der Waals surface area contributed by atoms with Gasteiger partial charge in [0, 0.05) is 17.2 Å². The van der Waals surface area contributed by atoms with E-state index in [0.29, 0.717) is 30.5 Å². The van der Waals surface area contributed by atoms with Gasteiger partial charge in [-0.25, -0.2) is 4.79 Å². The first-order valence-corrected chi connectivity index (χ1v) is 9.72. The standard InChI is InChI=1S/C16H23N7O3S/c1-8-7-27-13-10(21-15-18-5-9(20-15)6-19-22-17)12(24)23(13)11(8)14(25)26-16(2,3)4/h9-10,13H,5-7H2,1-4H3,(H2,18,20,21)/t9?,10?,13-/m1/s1. The summed E-state index contributed by atoms with van der Waals surface area (Å²) in [6.45, 7) is 8.02. The number of nitrogens with one attached hydrogen (secondary N) is 2. The van der Waals surface area contributed by atoms with Gasteiger partial charge in [-0.15, -0.1) is 11.8 Å². The predicted octanol–water partition coefficient (Wildman–Crippen LogP) is 1.11. The fraction of sp³-hybridized carbons (Fsp3) is 0.688. The van der Waals surface area contributed by atoms with E-state index in [-0.39, 0.29) is 17.3 Å². The number of thioether (sulfide) groups is 1. The van der Waals surface area contributed by atoms with Crippen molar-refractivity contribution < 1.29 is 14.3 Å². The van der Waals surface area contributed by atoms with Crippen molar-refractivity contribution in [1.82, 2.24) is 15.5 Å². The molecule has 3 atom stereocenters. The van der Waals surface area contributed by atoms with Gasteiger partial charge in [0.15, 0.2) is 5.96 Å². The summed E-state index contributed by atoms with van der Waals surface area (Å²) in [4.78, 5) is 33.9. The Hall–Kier alpha value is -2.39. The zero-order valence-corrected chi connectivity index (χ0v) is 16.5. The highest BCUT2D eigenvalue weighted by molar-refractivity contribution is 8.00. The largest absolute Gasteiger partial charge is 0.455 e. The Bertz CT molecular complexity index is 766. The van der Waals surface area contributed by atoms with Gasteiger partial charge < -0.3 is 15.4 Å². The quantitative estimate of drug-likeness (QED) is 0.242. The van der Waals surface area contributed by atoms with E-state index in [2.05, 4.69) is 25.7 Å². The number of β-lactam (4-membered cyclic amide) rings is 1. The summed E-state index contributed by atoms with van der Waals surface area (Å²) in [5, 5.41) is 9.55. The maximum absolute atomic E-state index is 12.7. The lowest BCUT2D eigenvalue weighted by atomic mass is 10.0. The van der Waals surface area contributed by atoms with E-state index in [4.69, 9.17) is 10.3 Å². The summed E-state index contributed by atoms with van der Waals surface area (Å²) in [5.41, 5.74) is 8.95. The second-order valence-electron chi connectivity index (χ2n) is 7.61. The molecule has 0 aromatic heterocycles. The van der Waals surface area contributed by atoms with Crippen LogP contribution in [0.4, 0.5) is 0 Å². The van der Waals surface area contributed by atoms with E-state index < -0.39 is 17.6 Å². The van der Waals surface area contributed by atoms with Crippen molar-refractivity contribution in [2.24, 2.45) is 10.1 Å². The molecule has 1 amide bonds. The molecule has 1 fully saturated rings. The van der Waals surface area contributed by atoms with Gasteiger partial charge in [-0.1, -0.05) is 5.11 Å². The highest BCUT2D eigenvalue weighted by atomic mass is 32.2. The van der Waals surface area contributed by atoms with Crippen LogP contribution in [0.15, 0.2) is 21.4 Å². The molecule has 0 bridgehead atoms. The van der Waals surface area contributed by atoms with Gasteiger partial charge in [-0.05, 0) is 38.8 Å². The number of rotatable bonds is 4. The normalized spacial score (nSPS) is 27.1. The number of fused-ring (bicyclic) bond motifs is 1. The highest BCUT2D eigenvalue weighted by Gasteiger charge is 2.54. The predicted molar refractivity (Wildman–Crippen MR) is 102 cm³/mol. The molecule has 0 radical (unpaired) electrons. The third kappa shape index (κ3) is 3.98. The Morgan fingerprint density at radius 2 is 2.30 bits per heavy atom. The van der Waals surface area contributed by atoms with E-state index >= 15 is 0 Å². The molecular weight excluding hydrogens is 370 g/mol. The molecule has 0 aliphatic carbocycles. The molecule has 2 N–H and O–H groups in total. The molecule has 146 valence electrons. The van der Waals surface area contributed by atoms with Crippen LogP contribution in [-0.4, -0.2) is 64.6 Å². The Balaban J connectivity index is 1.65. The zero-order chi connectivity index (χ0) is 19.8. The second kappa shape index (κ2) is 7.32. The fourth-order valence-corrected chi connectivity index (χ4v) is 4.34. The third-order valence-corrected chi connectivity index (χ3v) is 5.64. The Morgan fingerprint density at radius 1 is 1.56 bits per heavy atom. The SMILES string of the molecule is CC1=C(C(=O)OC(C)(C)C)N2C(=O)C(NC3=NCC(CN=[N+]=[N-])N3)[C@H]2SC1. The minimum Gasteiger partial charge on any atom is -0.455 e. The van der Waals surface area contributed by atoms with Crippen molar-refractivity contribution in [2.45, 2.75) is 50.8 Å². The van der Waals surface area contributed by atoms with Crippen LogP contribution in [0, 0.1) is 0 Å². The minimum atomic E-state index is -0.626. The lowest BCUT2D eigenvalue weighted by Crippen LogP contribution is -2.71. The number of ether oxygens (including phenoxy) is 1. The molecule has 3 heterocycles. The van der Waals surface area contributed by atoms with E-state index in [1.165, 1.54) is 4.90 Å². The third-order valence-electron chi connectivity index (χ3n) is 4.22. The van der Waals surface area contributed by atoms with Gasteiger partial charge in [0.1, 0.15) is 22.7 Å². The highest BCUT2D eigenvalue weighted by Crippen LogP contribution is 2.40. The molecule has 3 rings (SSSR count). The number of esters is 1. The van der Waals surface area contributed by atoms with Crippen LogP contribution >= 0.6 is 11.8 Å². The zero-order valence-electron chi connectivity index (χ0n) is 15.7. The molecule has 0 spiro atoms. The number of carbonyl (C=O) groups excluding carboxylic acids is 2. The van der Waals surface area contributed by atoms with Crippen LogP contribution in [0.2, 0.25) is 0 Å². The Kier molecular flexibility index (Phi) is 5.25. The van der Waals surface area contributed by atoms with Crippen LogP contribution in [0.25, 0.3) is 10.4 Å². The molecule has 27 heavy (non-hydrogen) atoms. The first kappa shape index (κ1) is 19.4. The Morgan fingerprint density at radius 3 is 2.96 bits per heavy atom. The van der Waals surface area contributed by atoms with Gasteiger partial charge in [0.05, 0.1) is 12.6 Å². The molecular formula is C16H23N7O3S. The van der Waals surface area contributed by atoms with Crippen molar-refractivity contribution in [3.63, 3.8) is 0 Å². The second-order valence-corrected chi connectivity index (χ2v) is 8.71. The van der Waals surface area contributed by atoms with Crippen molar-refractivity contribution in [2.75, 3.05) is 18.8 Å². The van der Waals surface area contributed by atoms with Gasteiger partial charge >= 0.3 is 5.97 Å². The molecule has 3 aliphatic rings. The summed E-state index contributed by atoms with van der Waals surface area (Å²) < 4.78 is 5.47. The van der Waals surface area contributed by atoms with Crippen LogP contribution in [0.1, 0.15) is 27.7 Å². The number of carbonyl (C=O) groups is 2. The van der Waals surface area contributed by atoms with E-state index in [0.717, 1.165) is 5.57 Å². The number of hydrogen-bond donors (Lipinski definition) is 2. The maximum Gasteiger partial charge on any atom is 0.355 e. The lowest BCUT2D eigenvalue weighted by Gasteiger charge is -2.50. The van der Waals surface area contributed by atoms with Gasteiger partial charge in [-0.3, -0.25) is 14.7 Å².